The first kappa shape index (κ1) is 17.1. The fraction of sp³-hybridized carbons (Fsp3) is 0.538. The number of H-pyrrole nitrogens is 1. The van der Waals surface area contributed by atoms with Crippen molar-refractivity contribution in [2.24, 2.45) is 0 Å². The van der Waals surface area contributed by atoms with Crippen molar-refractivity contribution in [1.29, 1.82) is 0 Å². The lowest BCUT2D eigenvalue weighted by Gasteiger charge is -2.12. The van der Waals surface area contributed by atoms with Crippen LogP contribution in [-0.4, -0.2) is 36.2 Å². The van der Waals surface area contributed by atoms with Crippen molar-refractivity contribution < 1.29 is 22.9 Å². The molecule has 1 aromatic rings. The summed E-state index contributed by atoms with van der Waals surface area (Å²) in [6, 6.07) is 0. The number of nitrogens with one attached hydrogen (secondary N) is 1. The molecule has 0 unspecified atom stereocenters. The molecule has 1 aliphatic rings. The Labute approximate surface area is 131 Å². The molecule has 0 aromatic carbocycles. The van der Waals surface area contributed by atoms with Gasteiger partial charge in [0.15, 0.2) is 14.7 Å². The summed E-state index contributed by atoms with van der Waals surface area (Å²) in [6.45, 7) is 3.09. The summed E-state index contributed by atoms with van der Waals surface area (Å²) in [4.78, 5) is 35.5. The topological polar surface area (TPSA) is 136 Å². The third kappa shape index (κ3) is 3.11. The van der Waals surface area contributed by atoms with Gasteiger partial charge in [-0.1, -0.05) is 6.92 Å². The van der Waals surface area contributed by atoms with Gasteiger partial charge in [0.1, 0.15) is 5.56 Å². The van der Waals surface area contributed by atoms with E-state index < -0.39 is 47.7 Å². The average Bonchev–Trinajstić information content (AvgIpc) is 3.28. The van der Waals surface area contributed by atoms with E-state index in [1.165, 1.54) is 6.92 Å². The largest absolute Gasteiger partial charge is 0.462 e. The summed E-state index contributed by atoms with van der Waals surface area (Å²) in [7, 11) is -4.15. The Bertz CT molecular complexity index is 821. The Morgan fingerprint density at radius 3 is 2.52 bits per heavy atom. The van der Waals surface area contributed by atoms with E-state index in [0.29, 0.717) is 19.3 Å². The molecule has 1 heterocycles. The van der Waals surface area contributed by atoms with Crippen LogP contribution in [0, 0.1) is 17.0 Å². The SMILES string of the molecule is CCCOC(=O)c1c(C)[nH]c(=O)c([N+](=O)[O-])c1S(=O)(=O)C1CC1. The number of aryl methyl sites for hydroxylation is 1. The van der Waals surface area contributed by atoms with E-state index in [4.69, 9.17) is 4.74 Å². The summed E-state index contributed by atoms with van der Waals surface area (Å²) in [5.41, 5.74) is -2.82. The number of rotatable bonds is 6. The minimum absolute atomic E-state index is 0.0358. The zero-order valence-electron chi connectivity index (χ0n) is 12.6. The van der Waals surface area contributed by atoms with Crippen LogP contribution in [0.3, 0.4) is 0 Å². The summed E-state index contributed by atoms with van der Waals surface area (Å²) in [5, 5.41) is 10.4. The molecule has 126 valence electrons. The van der Waals surface area contributed by atoms with Gasteiger partial charge in [0.2, 0.25) is 0 Å². The maximum absolute atomic E-state index is 12.6. The van der Waals surface area contributed by atoms with Gasteiger partial charge in [-0.15, -0.1) is 0 Å². The molecule has 0 amide bonds. The highest BCUT2D eigenvalue weighted by atomic mass is 32.2. The highest BCUT2D eigenvalue weighted by Crippen LogP contribution is 2.38. The lowest BCUT2D eigenvalue weighted by atomic mass is 10.2. The first-order valence-corrected chi connectivity index (χ1v) is 8.58. The number of nitro groups is 1. The van der Waals surface area contributed by atoms with Crippen LogP contribution in [0.2, 0.25) is 0 Å². The zero-order chi connectivity index (χ0) is 17.4. The van der Waals surface area contributed by atoms with Crippen LogP contribution < -0.4 is 5.56 Å². The third-order valence-corrected chi connectivity index (χ3v) is 5.72. The number of hydrogen-bond donors (Lipinski definition) is 1. The lowest BCUT2D eigenvalue weighted by molar-refractivity contribution is -0.389. The molecule has 1 saturated carbocycles. The van der Waals surface area contributed by atoms with E-state index in [1.807, 2.05) is 0 Å². The van der Waals surface area contributed by atoms with E-state index in [9.17, 15) is 28.1 Å². The van der Waals surface area contributed by atoms with Crippen LogP contribution in [0.1, 0.15) is 42.2 Å². The van der Waals surface area contributed by atoms with Crippen LogP contribution in [0.15, 0.2) is 9.69 Å². The summed E-state index contributed by atoms with van der Waals surface area (Å²) in [6.07, 6.45) is 1.19. The maximum Gasteiger partial charge on any atom is 0.353 e. The molecule has 2 rings (SSSR count). The molecule has 1 aromatic heterocycles. The number of esters is 1. The minimum Gasteiger partial charge on any atom is -0.462 e. The van der Waals surface area contributed by atoms with Crippen molar-refractivity contribution in [2.75, 3.05) is 6.61 Å². The molecular formula is C13H16N2O7S. The first-order chi connectivity index (χ1) is 10.7. The standard InChI is InChI=1S/C13H16N2O7S/c1-3-6-22-13(17)9-7(2)14-12(16)10(15(18)19)11(9)23(20,21)8-4-5-8/h8H,3-6H2,1-2H3,(H,14,16). The first-order valence-electron chi connectivity index (χ1n) is 7.04. The molecule has 0 saturated heterocycles. The highest BCUT2D eigenvalue weighted by Gasteiger charge is 2.45. The Balaban J connectivity index is 2.79. The maximum atomic E-state index is 12.6. The van der Waals surface area contributed by atoms with Gasteiger partial charge in [0.05, 0.1) is 16.8 Å². The van der Waals surface area contributed by atoms with Gasteiger partial charge in [-0.05, 0) is 26.2 Å². The van der Waals surface area contributed by atoms with Crippen LogP contribution in [0.25, 0.3) is 0 Å². The second-order valence-electron chi connectivity index (χ2n) is 5.27. The number of ether oxygens (including phenoxy) is 1. The van der Waals surface area contributed by atoms with E-state index in [1.54, 1.807) is 6.92 Å². The molecule has 23 heavy (non-hydrogen) atoms. The molecule has 1 N–H and O–H groups in total. The molecular weight excluding hydrogens is 328 g/mol. The third-order valence-electron chi connectivity index (χ3n) is 3.40. The number of carbonyl (C=O) groups excluding carboxylic acids is 1. The Hall–Kier alpha value is -2.23. The van der Waals surface area contributed by atoms with Crippen LogP contribution in [0.4, 0.5) is 5.69 Å². The average molecular weight is 344 g/mol. The van der Waals surface area contributed by atoms with Gasteiger partial charge >= 0.3 is 17.2 Å². The molecule has 10 heteroatoms. The number of hydrogen-bond acceptors (Lipinski definition) is 7. The predicted molar refractivity (Wildman–Crippen MR) is 79.2 cm³/mol. The number of pyridine rings is 1. The summed E-state index contributed by atoms with van der Waals surface area (Å²) >= 11 is 0. The van der Waals surface area contributed by atoms with Gasteiger partial charge in [0, 0.05) is 5.69 Å². The number of aromatic nitrogens is 1. The monoisotopic (exact) mass is 344 g/mol. The van der Waals surface area contributed by atoms with Crippen molar-refractivity contribution in [1.82, 2.24) is 4.98 Å². The van der Waals surface area contributed by atoms with E-state index >= 15 is 0 Å². The van der Waals surface area contributed by atoms with Crippen LogP contribution in [0.5, 0.6) is 0 Å². The smallest absolute Gasteiger partial charge is 0.353 e. The number of sulfone groups is 1. The van der Waals surface area contributed by atoms with E-state index in [-0.39, 0.29) is 12.3 Å². The Morgan fingerprint density at radius 2 is 2.04 bits per heavy atom. The molecule has 0 radical (unpaired) electrons. The van der Waals surface area contributed by atoms with Crippen molar-refractivity contribution >= 4 is 21.5 Å². The summed E-state index contributed by atoms with van der Waals surface area (Å²) < 4.78 is 30.0. The quantitative estimate of drug-likeness (QED) is 0.463. The van der Waals surface area contributed by atoms with E-state index in [0.717, 1.165) is 0 Å². The van der Waals surface area contributed by atoms with Crippen molar-refractivity contribution in [2.45, 2.75) is 43.3 Å². The second kappa shape index (κ2) is 6.11. The van der Waals surface area contributed by atoms with Gasteiger partial charge in [-0.25, -0.2) is 13.2 Å². The van der Waals surface area contributed by atoms with Gasteiger partial charge in [-0.3, -0.25) is 14.9 Å². The number of nitrogens with zero attached hydrogens (tertiary/aromatic N) is 1. The molecule has 0 atom stereocenters. The normalized spacial score (nSPS) is 14.5. The lowest BCUT2D eigenvalue weighted by Crippen LogP contribution is -2.25. The summed E-state index contributed by atoms with van der Waals surface area (Å²) in [5.74, 6) is -0.997. The van der Waals surface area contributed by atoms with Crippen molar-refractivity contribution in [3.05, 3.63) is 31.7 Å². The fourth-order valence-corrected chi connectivity index (χ4v) is 4.23. The molecule has 1 aliphatic carbocycles. The predicted octanol–water partition coefficient (Wildman–Crippen LogP) is 1.09. The van der Waals surface area contributed by atoms with Crippen LogP contribution in [-0.2, 0) is 14.6 Å². The number of aromatic amines is 1. The van der Waals surface area contributed by atoms with Crippen LogP contribution >= 0.6 is 0 Å². The van der Waals surface area contributed by atoms with Gasteiger partial charge in [0.25, 0.3) is 0 Å². The minimum atomic E-state index is -4.15. The molecule has 9 nitrogen and oxygen atoms in total. The van der Waals surface area contributed by atoms with Crippen molar-refractivity contribution in [3.8, 4) is 0 Å². The Morgan fingerprint density at radius 1 is 1.43 bits per heavy atom. The molecule has 0 spiro atoms. The molecule has 0 bridgehead atoms. The molecule has 1 fully saturated rings. The zero-order valence-corrected chi connectivity index (χ0v) is 13.4. The highest BCUT2D eigenvalue weighted by molar-refractivity contribution is 7.92. The second-order valence-corrected chi connectivity index (χ2v) is 7.43. The van der Waals surface area contributed by atoms with Gasteiger partial charge < -0.3 is 9.72 Å². The van der Waals surface area contributed by atoms with E-state index in [2.05, 4.69) is 4.98 Å². The number of carbonyl (C=O) groups is 1. The fourth-order valence-electron chi connectivity index (χ4n) is 2.18. The molecule has 0 aliphatic heterocycles. The van der Waals surface area contributed by atoms with Gasteiger partial charge in [-0.2, -0.15) is 0 Å². The van der Waals surface area contributed by atoms with Crippen molar-refractivity contribution in [3.63, 3.8) is 0 Å². The Kier molecular flexibility index (Phi) is 4.55.